The van der Waals surface area contributed by atoms with Crippen LogP contribution in [0.1, 0.15) is 24.4 Å². The number of nitrogens with one attached hydrogen (secondary N) is 1. The minimum atomic E-state index is -0.591. The van der Waals surface area contributed by atoms with Gasteiger partial charge in [-0.25, -0.2) is 14.8 Å². The van der Waals surface area contributed by atoms with Crippen LogP contribution in [0.2, 0.25) is 0 Å². The Hall–Kier alpha value is -4.31. The normalized spacial score (nSPS) is 14.0. The molecule has 3 heterocycles. The Morgan fingerprint density at radius 2 is 1.92 bits per heavy atom. The summed E-state index contributed by atoms with van der Waals surface area (Å²) < 4.78 is 18.6. The van der Waals surface area contributed by atoms with Crippen LogP contribution in [0.3, 0.4) is 0 Å². The highest BCUT2D eigenvalue weighted by molar-refractivity contribution is 6.01. The summed E-state index contributed by atoms with van der Waals surface area (Å²) in [5.41, 5.74) is 16.5. The summed E-state index contributed by atoms with van der Waals surface area (Å²) >= 11 is 0. The van der Waals surface area contributed by atoms with Crippen LogP contribution in [0.5, 0.6) is 5.75 Å². The Morgan fingerprint density at radius 3 is 2.67 bits per heavy atom. The molecule has 36 heavy (non-hydrogen) atoms. The second kappa shape index (κ2) is 10.1. The van der Waals surface area contributed by atoms with Crippen LogP contribution in [0.4, 0.5) is 22.0 Å². The van der Waals surface area contributed by atoms with Gasteiger partial charge in [-0.15, -0.1) is 0 Å². The van der Waals surface area contributed by atoms with E-state index in [1.54, 1.807) is 25.3 Å². The zero-order valence-corrected chi connectivity index (χ0v) is 19.9. The summed E-state index contributed by atoms with van der Waals surface area (Å²) in [6.07, 6.45) is 4.76. The van der Waals surface area contributed by atoms with Crippen molar-refractivity contribution in [3.63, 3.8) is 0 Å². The van der Waals surface area contributed by atoms with Crippen molar-refractivity contribution in [3.05, 3.63) is 60.6 Å². The summed E-state index contributed by atoms with van der Waals surface area (Å²) in [4.78, 5) is 21.2. The van der Waals surface area contributed by atoms with Crippen molar-refractivity contribution in [2.45, 2.75) is 25.5 Å². The molecule has 2 aromatic heterocycles. The van der Waals surface area contributed by atoms with E-state index in [-0.39, 0.29) is 12.6 Å². The van der Waals surface area contributed by atoms with Crippen molar-refractivity contribution >= 4 is 34.3 Å². The van der Waals surface area contributed by atoms with Gasteiger partial charge in [-0.3, -0.25) is 5.32 Å². The molecular formula is C26H28N6O4. The highest BCUT2D eigenvalue weighted by Gasteiger charge is 2.23. The molecule has 1 saturated heterocycles. The van der Waals surface area contributed by atoms with E-state index in [4.69, 9.17) is 25.7 Å². The van der Waals surface area contributed by atoms with E-state index in [0.717, 1.165) is 40.6 Å². The third kappa shape index (κ3) is 4.76. The number of aromatic nitrogens is 3. The Balaban J connectivity index is 1.40. The quantitative estimate of drug-likeness (QED) is 0.340. The Labute approximate surface area is 208 Å². The van der Waals surface area contributed by atoms with Gasteiger partial charge < -0.3 is 30.2 Å². The highest BCUT2D eigenvalue weighted by Crippen LogP contribution is 2.39. The van der Waals surface area contributed by atoms with E-state index >= 15 is 0 Å². The van der Waals surface area contributed by atoms with Gasteiger partial charge in [0.25, 0.3) is 0 Å². The molecule has 5 rings (SSSR count). The molecule has 10 heteroatoms. The van der Waals surface area contributed by atoms with Crippen molar-refractivity contribution in [3.8, 4) is 16.9 Å². The van der Waals surface area contributed by atoms with E-state index in [1.807, 2.05) is 24.3 Å². The van der Waals surface area contributed by atoms with E-state index in [2.05, 4.69) is 26.0 Å². The molecule has 0 radical (unpaired) electrons. The SMILES string of the molecule is COc1cc(-c2cn(C3CCOCC3)c3ncnc(N)c23)ccc1NC(=O)OCc1ccc(N)cc1. The summed E-state index contributed by atoms with van der Waals surface area (Å²) in [5.74, 6) is 0.896. The standard InChI is InChI=1S/C26H28N6O4/c1-34-22-12-17(4-7-21(22)31-26(33)36-14-16-2-5-18(27)6-3-16)20-13-32(19-8-10-35-11-9-19)25-23(20)24(28)29-15-30-25/h2-7,12-13,15,19H,8-11,14,27H2,1H3,(H,31,33)(H2,28,29,30). The van der Waals surface area contributed by atoms with E-state index < -0.39 is 6.09 Å². The number of fused-ring (bicyclic) bond motifs is 1. The number of ether oxygens (including phenoxy) is 3. The van der Waals surface area contributed by atoms with Crippen molar-refractivity contribution in [1.29, 1.82) is 0 Å². The van der Waals surface area contributed by atoms with Crippen molar-refractivity contribution in [2.24, 2.45) is 0 Å². The number of nitrogen functional groups attached to an aromatic ring is 2. The van der Waals surface area contributed by atoms with Crippen molar-refractivity contribution in [2.75, 3.05) is 37.1 Å². The fourth-order valence-corrected chi connectivity index (χ4v) is 4.44. The molecular weight excluding hydrogens is 460 g/mol. The fourth-order valence-electron chi connectivity index (χ4n) is 4.44. The number of carbonyl (C=O) groups is 1. The van der Waals surface area contributed by atoms with Gasteiger partial charge in [-0.2, -0.15) is 0 Å². The zero-order chi connectivity index (χ0) is 25.1. The van der Waals surface area contributed by atoms with E-state index in [9.17, 15) is 4.79 Å². The van der Waals surface area contributed by atoms with Gasteiger partial charge in [0.2, 0.25) is 0 Å². The zero-order valence-electron chi connectivity index (χ0n) is 19.9. The lowest BCUT2D eigenvalue weighted by Gasteiger charge is -2.24. The summed E-state index contributed by atoms with van der Waals surface area (Å²) in [7, 11) is 1.55. The number of rotatable bonds is 6. The van der Waals surface area contributed by atoms with Crippen molar-refractivity contribution in [1.82, 2.24) is 14.5 Å². The molecule has 186 valence electrons. The maximum atomic E-state index is 12.4. The molecule has 1 fully saturated rings. The van der Waals surface area contributed by atoms with E-state index in [1.165, 1.54) is 6.33 Å². The second-order valence-electron chi connectivity index (χ2n) is 8.61. The summed E-state index contributed by atoms with van der Waals surface area (Å²) in [5, 5.41) is 3.53. The van der Waals surface area contributed by atoms with Crippen LogP contribution in [0.25, 0.3) is 22.2 Å². The lowest BCUT2D eigenvalue weighted by molar-refractivity contribution is 0.0706. The van der Waals surface area contributed by atoms with Crippen molar-refractivity contribution < 1.29 is 19.0 Å². The number of amides is 1. The molecule has 10 nitrogen and oxygen atoms in total. The lowest BCUT2D eigenvalue weighted by Crippen LogP contribution is -2.19. The first kappa shape index (κ1) is 23.4. The molecule has 1 aliphatic rings. The smallest absolute Gasteiger partial charge is 0.412 e. The maximum absolute atomic E-state index is 12.4. The second-order valence-corrected chi connectivity index (χ2v) is 8.61. The number of hydrogen-bond donors (Lipinski definition) is 3. The number of carbonyl (C=O) groups excluding carboxylic acids is 1. The summed E-state index contributed by atoms with van der Waals surface area (Å²) in [6, 6.07) is 12.9. The average molecular weight is 489 g/mol. The van der Waals surface area contributed by atoms with E-state index in [0.29, 0.717) is 36.2 Å². The number of benzene rings is 2. The van der Waals surface area contributed by atoms with Gasteiger partial charge in [-0.05, 0) is 48.2 Å². The number of hydrogen-bond acceptors (Lipinski definition) is 8. The fraction of sp³-hybridized carbons (Fsp3) is 0.269. The van der Waals surface area contributed by atoms with Crippen LogP contribution in [-0.2, 0) is 16.1 Å². The van der Waals surface area contributed by atoms with Gasteiger partial charge in [0.05, 0.1) is 18.2 Å². The van der Waals surface area contributed by atoms with Crippen LogP contribution >= 0.6 is 0 Å². The monoisotopic (exact) mass is 488 g/mol. The van der Waals surface area contributed by atoms with Gasteiger partial charge in [0.1, 0.15) is 30.1 Å². The molecule has 2 aromatic carbocycles. The maximum Gasteiger partial charge on any atom is 0.412 e. The first-order valence-corrected chi connectivity index (χ1v) is 11.7. The molecule has 1 aliphatic heterocycles. The Bertz CT molecular complexity index is 1380. The summed E-state index contributed by atoms with van der Waals surface area (Å²) in [6.45, 7) is 1.54. The molecule has 0 atom stereocenters. The largest absolute Gasteiger partial charge is 0.495 e. The molecule has 0 unspecified atom stereocenters. The molecule has 0 saturated carbocycles. The minimum absolute atomic E-state index is 0.123. The lowest BCUT2D eigenvalue weighted by atomic mass is 10.0. The predicted octanol–water partition coefficient (Wildman–Crippen LogP) is 4.37. The average Bonchev–Trinajstić information content (AvgIpc) is 3.30. The van der Waals surface area contributed by atoms with Gasteiger partial charge in [-0.1, -0.05) is 18.2 Å². The molecule has 0 aliphatic carbocycles. The Kier molecular flexibility index (Phi) is 6.59. The highest BCUT2D eigenvalue weighted by atomic mass is 16.5. The van der Waals surface area contributed by atoms with Gasteiger partial charge in [0.15, 0.2) is 0 Å². The first-order chi connectivity index (χ1) is 17.5. The van der Waals surface area contributed by atoms with Crippen LogP contribution in [0, 0.1) is 0 Å². The van der Waals surface area contributed by atoms with Gasteiger partial charge >= 0.3 is 6.09 Å². The van der Waals surface area contributed by atoms with Crippen LogP contribution < -0.4 is 21.5 Å². The third-order valence-corrected chi connectivity index (χ3v) is 6.32. The third-order valence-electron chi connectivity index (χ3n) is 6.32. The van der Waals surface area contributed by atoms with Crippen LogP contribution in [0.15, 0.2) is 55.0 Å². The molecule has 0 bridgehead atoms. The molecule has 0 spiro atoms. The number of anilines is 3. The first-order valence-electron chi connectivity index (χ1n) is 11.7. The number of nitrogens with two attached hydrogens (primary N) is 2. The molecule has 5 N–H and O–H groups in total. The topological polar surface area (TPSA) is 140 Å². The predicted molar refractivity (Wildman–Crippen MR) is 138 cm³/mol. The molecule has 4 aromatic rings. The number of nitrogens with zero attached hydrogens (tertiary/aromatic N) is 3. The Morgan fingerprint density at radius 1 is 1.14 bits per heavy atom. The van der Waals surface area contributed by atoms with Crippen LogP contribution in [-0.4, -0.2) is 41.0 Å². The minimum Gasteiger partial charge on any atom is -0.495 e. The molecule has 1 amide bonds. The van der Waals surface area contributed by atoms with Gasteiger partial charge in [0, 0.05) is 36.7 Å². The number of methoxy groups -OCH3 is 1.